The second-order valence-electron chi connectivity index (χ2n) is 5.60. The molecule has 0 unspecified atom stereocenters. The molecule has 0 spiro atoms. The molecule has 1 aromatic heterocycles. The predicted octanol–water partition coefficient (Wildman–Crippen LogP) is 2.30. The van der Waals surface area contributed by atoms with Crippen LogP contribution in [0.3, 0.4) is 0 Å². The Morgan fingerprint density at radius 3 is 2.83 bits per heavy atom. The summed E-state index contributed by atoms with van der Waals surface area (Å²) >= 11 is 0. The minimum absolute atomic E-state index is 0.140. The summed E-state index contributed by atoms with van der Waals surface area (Å²) in [5.41, 5.74) is 1.42. The third kappa shape index (κ3) is 3.97. The van der Waals surface area contributed by atoms with Crippen LogP contribution in [0, 0.1) is 6.92 Å². The molecule has 0 aliphatic heterocycles. The minimum atomic E-state index is -0.140. The Labute approximate surface area is 135 Å². The highest BCUT2D eigenvalue weighted by Gasteiger charge is 2.24. The Kier molecular flexibility index (Phi) is 4.41. The van der Waals surface area contributed by atoms with Gasteiger partial charge in [0.25, 0.3) is 5.91 Å². The topological polar surface area (TPSA) is 76.1 Å². The number of amides is 1. The highest BCUT2D eigenvalue weighted by atomic mass is 16.5. The Balaban J connectivity index is 1.72. The van der Waals surface area contributed by atoms with E-state index < -0.39 is 0 Å². The highest BCUT2D eigenvalue weighted by molar-refractivity contribution is 5.93. The zero-order valence-electron chi connectivity index (χ0n) is 13.3. The van der Waals surface area contributed by atoms with Crippen LogP contribution in [0.2, 0.25) is 0 Å². The number of anilines is 1. The van der Waals surface area contributed by atoms with Crippen molar-refractivity contribution in [2.75, 3.05) is 12.4 Å². The van der Waals surface area contributed by atoms with Gasteiger partial charge in [0.2, 0.25) is 0 Å². The summed E-state index contributed by atoms with van der Waals surface area (Å²) in [4.78, 5) is 20.7. The van der Waals surface area contributed by atoms with Crippen molar-refractivity contribution in [3.05, 3.63) is 47.4 Å². The molecule has 1 heterocycles. The molecule has 1 aliphatic rings. The molecule has 0 atom stereocenters. The van der Waals surface area contributed by atoms with E-state index in [1.165, 1.54) is 0 Å². The largest absolute Gasteiger partial charge is 0.496 e. The van der Waals surface area contributed by atoms with Gasteiger partial charge in [0.1, 0.15) is 23.1 Å². The van der Waals surface area contributed by atoms with Gasteiger partial charge in [-0.15, -0.1) is 0 Å². The first-order valence-electron chi connectivity index (χ1n) is 7.68. The average molecular weight is 312 g/mol. The van der Waals surface area contributed by atoms with Crippen LogP contribution in [0.4, 0.5) is 5.82 Å². The van der Waals surface area contributed by atoms with Crippen LogP contribution < -0.4 is 15.4 Å². The number of aromatic nitrogens is 2. The molecular formula is C17H20N4O2. The maximum atomic E-state index is 12.1. The van der Waals surface area contributed by atoms with E-state index in [9.17, 15) is 4.79 Å². The van der Waals surface area contributed by atoms with Gasteiger partial charge in [-0.05, 0) is 25.8 Å². The predicted molar refractivity (Wildman–Crippen MR) is 87.6 cm³/mol. The molecule has 120 valence electrons. The number of hydrogen-bond donors (Lipinski definition) is 2. The van der Waals surface area contributed by atoms with Crippen LogP contribution in [-0.4, -0.2) is 29.0 Å². The summed E-state index contributed by atoms with van der Waals surface area (Å²) in [6.07, 6.45) is 2.10. The summed E-state index contributed by atoms with van der Waals surface area (Å²) < 4.78 is 5.33. The van der Waals surface area contributed by atoms with Gasteiger partial charge >= 0.3 is 0 Å². The smallest absolute Gasteiger partial charge is 0.270 e. The van der Waals surface area contributed by atoms with Crippen molar-refractivity contribution in [1.82, 2.24) is 15.3 Å². The van der Waals surface area contributed by atoms with E-state index >= 15 is 0 Å². The Bertz CT molecular complexity index is 713. The van der Waals surface area contributed by atoms with E-state index in [-0.39, 0.29) is 5.91 Å². The maximum Gasteiger partial charge on any atom is 0.270 e. The van der Waals surface area contributed by atoms with Crippen LogP contribution in [-0.2, 0) is 6.54 Å². The average Bonchev–Trinajstić information content (AvgIpc) is 3.36. The number of para-hydroxylation sites is 1. The molecule has 0 saturated heterocycles. The van der Waals surface area contributed by atoms with Crippen molar-refractivity contribution in [1.29, 1.82) is 0 Å². The van der Waals surface area contributed by atoms with E-state index in [4.69, 9.17) is 4.74 Å². The van der Waals surface area contributed by atoms with E-state index in [1.807, 2.05) is 24.3 Å². The van der Waals surface area contributed by atoms with Crippen LogP contribution in [0.5, 0.6) is 5.75 Å². The molecule has 0 radical (unpaired) electrons. The molecule has 1 saturated carbocycles. The molecule has 1 aromatic carbocycles. The molecule has 1 amide bonds. The number of ether oxygens (including phenoxy) is 1. The van der Waals surface area contributed by atoms with Gasteiger partial charge in [-0.25, -0.2) is 9.97 Å². The van der Waals surface area contributed by atoms with Crippen molar-refractivity contribution in [2.24, 2.45) is 0 Å². The van der Waals surface area contributed by atoms with E-state index in [2.05, 4.69) is 20.6 Å². The van der Waals surface area contributed by atoms with Crippen LogP contribution >= 0.6 is 0 Å². The van der Waals surface area contributed by atoms with Crippen molar-refractivity contribution < 1.29 is 9.53 Å². The first kappa shape index (κ1) is 15.3. The standard InChI is InChI=1S/C17H20N4O2/c1-11-19-14(17(22)21-13-7-8-13)9-16(20-11)18-10-12-5-3-4-6-15(12)23-2/h3-6,9,13H,7-8,10H2,1-2H3,(H,21,22)(H,18,19,20). The van der Waals surface area contributed by atoms with Crippen molar-refractivity contribution >= 4 is 11.7 Å². The molecular weight excluding hydrogens is 292 g/mol. The maximum absolute atomic E-state index is 12.1. The van der Waals surface area contributed by atoms with Crippen molar-refractivity contribution in [2.45, 2.75) is 32.4 Å². The normalized spacial score (nSPS) is 13.5. The van der Waals surface area contributed by atoms with Crippen LogP contribution in [0.1, 0.15) is 34.7 Å². The van der Waals surface area contributed by atoms with Gasteiger partial charge in [-0.1, -0.05) is 18.2 Å². The summed E-state index contributed by atoms with van der Waals surface area (Å²) in [6.45, 7) is 2.34. The third-order valence-corrected chi connectivity index (χ3v) is 3.64. The molecule has 1 aliphatic carbocycles. The van der Waals surface area contributed by atoms with Gasteiger partial charge in [0.15, 0.2) is 0 Å². The number of benzene rings is 1. The van der Waals surface area contributed by atoms with Gasteiger partial charge in [-0.3, -0.25) is 4.79 Å². The molecule has 2 aromatic rings. The fourth-order valence-electron chi connectivity index (χ4n) is 2.30. The second-order valence-corrected chi connectivity index (χ2v) is 5.60. The zero-order chi connectivity index (χ0) is 16.2. The fourth-order valence-corrected chi connectivity index (χ4v) is 2.30. The third-order valence-electron chi connectivity index (χ3n) is 3.64. The molecule has 2 N–H and O–H groups in total. The number of nitrogens with zero attached hydrogens (tertiary/aromatic N) is 2. The summed E-state index contributed by atoms with van der Waals surface area (Å²) in [6, 6.07) is 9.77. The number of nitrogens with one attached hydrogen (secondary N) is 2. The van der Waals surface area contributed by atoms with Crippen LogP contribution in [0.25, 0.3) is 0 Å². The molecule has 0 bridgehead atoms. The second kappa shape index (κ2) is 6.64. The number of methoxy groups -OCH3 is 1. The highest BCUT2D eigenvalue weighted by Crippen LogP contribution is 2.20. The van der Waals surface area contributed by atoms with Crippen LogP contribution in [0.15, 0.2) is 30.3 Å². The first-order chi connectivity index (χ1) is 11.2. The first-order valence-corrected chi connectivity index (χ1v) is 7.68. The number of carbonyl (C=O) groups is 1. The van der Waals surface area contributed by atoms with E-state index in [0.29, 0.717) is 29.9 Å². The minimum Gasteiger partial charge on any atom is -0.496 e. The lowest BCUT2D eigenvalue weighted by atomic mass is 10.2. The SMILES string of the molecule is COc1ccccc1CNc1cc(C(=O)NC2CC2)nc(C)n1. The van der Waals surface area contributed by atoms with Gasteiger partial charge in [0, 0.05) is 24.2 Å². The number of rotatable bonds is 6. The van der Waals surface area contributed by atoms with Gasteiger partial charge in [0.05, 0.1) is 7.11 Å². The molecule has 6 nitrogen and oxygen atoms in total. The van der Waals surface area contributed by atoms with E-state index in [1.54, 1.807) is 20.1 Å². The number of carbonyl (C=O) groups excluding carboxylic acids is 1. The lowest BCUT2D eigenvalue weighted by Gasteiger charge is -2.11. The Hall–Kier alpha value is -2.63. The Morgan fingerprint density at radius 1 is 1.30 bits per heavy atom. The molecule has 6 heteroatoms. The lowest BCUT2D eigenvalue weighted by molar-refractivity contribution is 0.0945. The van der Waals surface area contributed by atoms with Gasteiger partial charge < -0.3 is 15.4 Å². The van der Waals surface area contributed by atoms with E-state index in [0.717, 1.165) is 24.2 Å². The number of hydrogen-bond acceptors (Lipinski definition) is 5. The Morgan fingerprint density at radius 2 is 2.09 bits per heavy atom. The quantitative estimate of drug-likeness (QED) is 0.856. The molecule has 1 fully saturated rings. The molecule has 23 heavy (non-hydrogen) atoms. The lowest BCUT2D eigenvalue weighted by Crippen LogP contribution is -2.26. The zero-order valence-corrected chi connectivity index (χ0v) is 13.3. The van der Waals surface area contributed by atoms with Gasteiger partial charge in [-0.2, -0.15) is 0 Å². The summed E-state index contributed by atoms with van der Waals surface area (Å²) in [5.74, 6) is 1.87. The number of aryl methyl sites for hydroxylation is 1. The van der Waals surface area contributed by atoms with Crippen molar-refractivity contribution in [3.8, 4) is 5.75 Å². The van der Waals surface area contributed by atoms with Crippen molar-refractivity contribution in [3.63, 3.8) is 0 Å². The fraction of sp³-hybridized carbons (Fsp3) is 0.353. The monoisotopic (exact) mass is 312 g/mol. The molecule has 3 rings (SSSR count). The summed E-state index contributed by atoms with van der Waals surface area (Å²) in [5, 5.41) is 6.17. The summed E-state index contributed by atoms with van der Waals surface area (Å²) in [7, 11) is 1.65.